The highest BCUT2D eigenvalue weighted by molar-refractivity contribution is 8.03. The van der Waals surface area contributed by atoms with Crippen molar-refractivity contribution >= 4 is 40.7 Å². The summed E-state index contributed by atoms with van der Waals surface area (Å²) in [4.78, 5) is 26.4. The minimum absolute atomic E-state index is 0.0384. The van der Waals surface area contributed by atoms with Crippen LogP contribution in [-0.2, 0) is 14.3 Å². The zero-order chi connectivity index (χ0) is 19.9. The summed E-state index contributed by atoms with van der Waals surface area (Å²) >= 11 is 6.80. The minimum atomic E-state index is -1.27. The molecule has 3 rings (SSSR count). The van der Waals surface area contributed by atoms with E-state index in [2.05, 4.69) is 20.8 Å². The van der Waals surface area contributed by atoms with Gasteiger partial charge in [-0.1, -0.05) is 56.9 Å². The lowest BCUT2D eigenvalue weighted by atomic mass is 9.88. The van der Waals surface area contributed by atoms with Gasteiger partial charge in [-0.05, 0) is 30.0 Å². The third-order valence-electron chi connectivity index (χ3n) is 4.06. The number of aliphatic hydroxyl groups is 1. The van der Waals surface area contributed by atoms with Crippen molar-refractivity contribution in [2.45, 2.75) is 45.8 Å². The number of amides is 1. The van der Waals surface area contributed by atoms with E-state index in [-0.39, 0.29) is 22.4 Å². The summed E-state index contributed by atoms with van der Waals surface area (Å²) in [5.74, 6) is -0.432. The lowest BCUT2D eigenvalue weighted by molar-refractivity contribution is -0.165. The molecule has 27 heavy (non-hydrogen) atoms. The van der Waals surface area contributed by atoms with Gasteiger partial charge in [-0.3, -0.25) is 9.69 Å². The average molecular weight is 408 g/mol. The van der Waals surface area contributed by atoms with Crippen LogP contribution in [0.1, 0.15) is 39.7 Å². The molecule has 0 bridgehead atoms. The van der Waals surface area contributed by atoms with E-state index in [1.54, 1.807) is 12.1 Å². The van der Waals surface area contributed by atoms with Crippen molar-refractivity contribution in [3.63, 3.8) is 0 Å². The largest absolute Gasteiger partial charge is 0.448 e. The number of carbonyl (C=O) groups is 2. The molecule has 0 unspecified atom stereocenters. The predicted octanol–water partition coefficient (Wildman–Crippen LogP) is 3.19. The Labute approximate surface area is 167 Å². The van der Waals surface area contributed by atoms with Crippen molar-refractivity contribution in [3.8, 4) is 5.75 Å². The summed E-state index contributed by atoms with van der Waals surface area (Å²) < 4.78 is 10.7. The number of fused-ring (bicyclic) bond motifs is 1. The number of hydrogen-bond acceptors (Lipinski definition) is 7. The summed E-state index contributed by atoms with van der Waals surface area (Å²) in [6.07, 6.45) is -0.939. The van der Waals surface area contributed by atoms with Crippen LogP contribution in [0, 0.1) is 5.41 Å². The Morgan fingerprint density at radius 3 is 2.48 bits per heavy atom. The first-order valence-corrected chi connectivity index (χ1v) is 9.81. The zero-order valence-electron chi connectivity index (χ0n) is 15.5. The highest BCUT2D eigenvalue weighted by Gasteiger charge is 2.50. The van der Waals surface area contributed by atoms with Crippen molar-refractivity contribution in [1.82, 2.24) is 4.90 Å². The van der Waals surface area contributed by atoms with E-state index in [1.165, 1.54) is 23.6 Å². The molecule has 0 aliphatic carbocycles. The van der Waals surface area contributed by atoms with Gasteiger partial charge in [0.2, 0.25) is 5.91 Å². The summed E-state index contributed by atoms with van der Waals surface area (Å²) in [5.41, 5.74) is 0.855. The Morgan fingerprint density at radius 2 is 1.96 bits per heavy atom. The SMILES string of the molecule is C[C@H](O)OC(=O)C1=C(Oc2ccc(C(=S)C(C)(C)C)cc2)S[C@@H]2CC(=O)N12. The van der Waals surface area contributed by atoms with Crippen molar-refractivity contribution in [3.05, 3.63) is 40.6 Å². The number of nitrogens with zero attached hydrogens (tertiary/aromatic N) is 1. The molecule has 1 aromatic carbocycles. The van der Waals surface area contributed by atoms with Crippen LogP contribution in [0.15, 0.2) is 35.1 Å². The number of benzene rings is 1. The number of rotatable bonds is 5. The second-order valence-corrected chi connectivity index (χ2v) is 8.95. The van der Waals surface area contributed by atoms with Crippen LogP contribution in [0.4, 0.5) is 0 Å². The van der Waals surface area contributed by atoms with E-state index in [1.807, 2.05) is 12.1 Å². The van der Waals surface area contributed by atoms with Gasteiger partial charge in [0.25, 0.3) is 0 Å². The minimum Gasteiger partial charge on any atom is -0.448 e. The molecule has 0 spiro atoms. The van der Waals surface area contributed by atoms with E-state index in [0.29, 0.717) is 17.3 Å². The lowest BCUT2D eigenvalue weighted by Gasteiger charge is -2.33. The Bertz CT molecular complexity index is 823. The van der Waals surface area contributed by atoms with Crippen LogP contribution in [0.3, 0.4) is 0 Å². The standard InChI is InChI=1S/C19H21NO5S2/c1-10(21)24-17(23)15-18(27-14-9-13(22)20(14)15)25-12-7-5-11(6-8-12)16(26)19(2,3)4/h5-8,10,14,21H,9H2,1-4H3/t10-,14-/m1/s1. The number of hydrogen-bond donors (Lipinski definition) is 1. The summed E-state index contributed by atoms with van der Waals surface area (Å²) in [6.45, 7) is 7.50. The third kappa shape index (κ3) is 4.02. The molecule has 6 nitrogen and oxygen atoms in total. The van der Waals surface area contributed by atoms with Crippen LogP contribution in [-0.4, -0.2) is 38.4 Å². The molecule has 1 amide bonds. The Balaban J connectivity index is 1.83. The number of thiocarbonyl (C=S) groups is 1. The van der Waals surface area contributed by atoms with E-state index in [4.69, 9.17) is 21.7 Å². The molecule has 2 aliphatic heterocycles. The highest BCUT2D eigenvalue weighted by Crippen LogP contribution is 2.47. The molecule has 8 heteroatoms. The fourth-order valence-corrected chi connectivity index (χ4v) is 4.08. The predicted molar refractivity (Wildman–Crippen MR) is 106 cm³/mol. The van der Waals surface area contributed by atoms with E-state index < -0.39 is 12.3 Å². The molecule has 2 aliphatic rings. The van der Waals surface area contributed by atoms with Crippen molar-refractivity contribution < 1.29 is 24.2 Å². The second kappa shape index (κ2) is 7.26. The molecule has 0 radical (unpaired) electrons. The molecule has 1 saturated heterocycles. The van der Waals surface area contributed by atoms with E-state index in [9.17, 15) is 14.7 Å². The van der Waals surface area contributed by atoms with Crippen LogP contribution in [0.25, 0.3) is 0 Å². The van der Waals surface area contributed by atoms with Gasteiger partial charge >= 0.3 is 5.97 Å². The maximum absolute atomic E-state index is 12.3. The van der Waals surface area contributed by atoms with Gasteiger partial charge in [-0.2, -0.15) is 0 Å². The van der Waals surface area contributed by atoms with Crippen LogP contribution in [0.5, 0.6) is 5.75 Å². The molecule has 1 N–H and O–H groups in total. The maximum atomic E-state index is 12.3. The van der Waals surface area contributed by atoms with Gasteiger partial charge < -0.3 is 14.6 Å². The first kappa shape index (κ1) is 19.9. The van der Waals surface area contributed by atoms with Gasteiger partial charge in [0.15, 0.2) is 17.1 Å². The summed E-state index contributed by atoms with van der Waals surface area (Å²) in [6, 6.07) is 7.29. The average Bonchev–Trinajstić information content (AvgIpc) is 2.85. The number of thioether (sulfide) groups is 1. The van der Waals surface area contributed by atoms with Gasteiger partial charge in [0.1, 0.15) is 5.75 Å². The van der Waals surface area contributed by atoms with Crippen molar-refractivity contribution in [2.75, 3.05) is 0 Å². The number of β-lactam (4-membered cyclic amide) rings is 1. The quantitative estimate of drug-likeness (QED) is 0.264. The van der Waals surface area contributed by atoms with Gasteiger partial charge in [-0.15, -0.1) is 0 Å². The Morgan fingerprint density at radius 1 is 1.33 bits per heavy atom. The molecule has 0 saturated carbocycles. The fourth-order valence-electron chi connectivity index (χ4n) is 2.71. The van der Waals surface area contributed by atoms with Crippen LogP contribution < -0.4 is 4.74 Å². The highest BCUT2D eigenvalue weighted by atomic mass is 32.2. The molecule has 144 valence electrons. The van der Waals surface area contributed by atoms with Crippen molar-refractivity contribution in [1.29, 1.82) is 0 Å². The Hall–Kier alpha value is -1.90. The number of ether oxygens (including phenoxy) is 2. The molecule has 2 heterocycles. The monoisotopic (exact) mass is 407 g/mol. The molecular formula is C19H21NO5S2. The molecule has 2 atom stereocenters. The summed E-state index contributed by atoms with van der Waals surface area (Å²) in [7, 11) is 0. The molecule has 1 aromatic rings. The van der Waals surface area contributed by atoms with Gasteiger partial charge in [0.05, 0.1) is 11.8 Å². The topological polar surface area (TPSA) is 76.1 Å². The smallest absolute Gasteiger partial charge is 0.361 e. The first-order valence-electron chi connectivity index (χ1n) is 8.52. The molecular weight excluding hydrogens is 386 g/mol. The maximum Gasteiger partial charge on any atom is 0.361 e. The summed E-state index contributed by atoms with van der Waals surface area (Å²) in [5, 5.41) is 9.44. The lowest BCUT2D eigenvalue weighted by Crippen LogP contribution is -2.48. The molecule has 0 aromatic heterocycles. The number of esters is 1. The Kier molecular flexibility index (Phi) is 5.33. The fraction of sp³-hybridized carbons (Fsp3) is 0.421. The van der Waals surface area contributed by atoms with Crippen molar-refractivity contribution in [2.24, 2.45) is 5.41 Å². The second-order valence-electron chi connectivity index (χ2n) is 7.39. The molecule has 1 fully saturated rings. The van der Waals surface area contributed by atoms with Gasteiger partial charge in [0, 0.05) is 4.86 Å². The van der Waals surface area contributed by atoms with E-state index in [0.717, 1.165) is 10.4 Å². The number of carbonyl (C=O) groups excluding carboxylic acids is 2. The number of aliphatic hydroxyl groups excluding tert-OH is 1. The first-order chi connectivity index (χ1) is 12.6. The zero-order valence-corrected chi connectivity index (χ0v) is 17.1. The normalized spacial score (nSPS) is 20.1. The van der Waals surface area contributed by atoms with Gasteiger partial charge in [-0.25, -0.2) is 4.79 Å². The van der Waals surface area contributed by atoms with Crippen LogP contribution in [0.2, 0.25) is 0 Å². The van der Waals surface area contributed by atoms with E-state index >= 15 is 0 Å². The van der Waals surface area contributed by atoms with Crippen LogP contribution >= 0.6 is 24.0 Å². The third-order valence-corrected chi connectivity index (χ3v) is 6.05.